The predicted octanol–water partition coefficient (Wildman–Crippen LogP) is 2.42. The summed E-state index contributed by atoms with van der Waals surface area (Å²) < 4.78 is 24.0. The third kappa shape index (κ3) is 4.38. The molecule has 0 saturated carbocycles. The molecule has 0 aliphatic heterocycles. The summed E-state index contributed by atoms with van der Waals surface area (Å²) >= 11 is 0. The lowest BCUT2D eigenvalue weighted by Gasteiger charge is -2.17. The lowest BCUT2D eigenvalue weighted by molar-refractivity contribution is 0.0527. The molecule has 20 heavy (non-hydrogen) atoms. The minimum absolute atomic E-state index is 0.0592. The van der Waals surface area contributed by atoms with Crippen LogP contribution in [0.4, 0.5) is 15.8 Å². The van der Waals surface area contributed by atoms with Gasteiger partial charge in [0.1, 0.15) is 5.82 Å². The van der Waals surface area contributed by atoms with E-state index in [0.717, 1.165) is 6.07 Å². The van der Waals surface area contributed by atoms with E-state index in [9.17, 15) is 9.18 Å². The molecule has 0 bridgehead atoms. The van der Waals surface area contributed by atoms with E-state index in [1.54, 1.807) is 6.92 Å². The molecule has 0 fully saturated rings. The lowest BCUT2D eigenvalue weighted by Crippen LogP contribution is -2.23. The molecule has 0 heterocycles. The smallest absolute Gasteiger partial charge is 0.340 e. The number of benzene rings is 1. The van der Waals surface area contributed by atoms with Crippen LogP contribution in [0.3, 0.4) is 0 Å². The number of anilines is 2. The van der Waals surface area contributed by atoms with Crippen LogP contribution in [0.15, 0.2) is 12.1 Å². The van der Waals surface area contributed by atoms with Gasteiger partial charge in [-0.05, 0) is 32.9 Å². The fourth-order valence-electron chi connectivity index (χ4n) is 1.69. The number of carbonyl (C=O) groups is 1. The first-order chi connectivity index (χ1) is 9.49. The molecular formula is C14H21FN2O3. The number of nitrogens with two attached hydrogens (primary N) is 1. The van der Waals surface area contributed by atoms with Gasteiger partial charge in [-0.25, -0.2) is 9.18 Å². The van der Waals surface area contributed by atoms with Crippen molar-refractivity contribution in [2.45, 2.75) is 26.8 Å². The second-order valence-corrected chi connectivity index (χ2v) is 4.34. The van der Waals surface area contributed by atoms with Crippen LogP contribution in [-0.4, -0.2) is 31.8 Å². The first-order valence-electron chi connectivity index (χ1n) is 6.60. The topological polar surface area (TPSA) is 73.6 Å². The largest absolute Gasteiger partial charge is 0.462 e. The number of carbonyl (C=O) groups excluding carboxylic acids is 1. The summed E-state index contributed by atoms with van der Waals surface area (Å²) in [7, 11) is 0. The van der Waals surface area contributed by atoms with Gasteiger partial charge in [0.15, 0.2) is 0 Å². The fourth-order valence-corrected chi connectivity index (χ4v) is 1.69. The highest BCUT2D eigenvalue weighted by Gasteiger charge is 2.16. The highest BCUT2D eigenvalue weighted by Crippen LogP contribution is 2.23. The van der Waals surface area contributed by atoms with E-state index in [4.69, 9.17) is 15.2 Å². The second-order valence-electron chi connectivity index (χ2n) is 4.34. The highest BCUT2D eigenvalue weighted by molar-refractivity contribution is 5.96. The Morgan fingerprint density at radius 3 is 2.70 bits per heavy atom. The van der Waals surface area contributed by atoms with Gasteiger partial charge in [0.25, 0.3) is 0 Å². The van der Waals surface area contributed by atoms with Crippen molar-refractivity contribution in [3.63, 3.8) is 0 Å². The van der Waals surface area contributed by atoms with E-state index in [0.29, 0.717) is 13.2 Å². The number of hydrogen-bond acceptors (Lipinski definition) is 5. The van der Waals surface area contributed by atoms with Crippen molar-refractivity contribution in [3.8, 4) is 0 Å². The van der Waals surface area contributed by atoms with Crippen molar-refractivity contribution >= 4 is 17.3 Å². The summed E-state index contributed by atoms with van der Waals surface area (Å²) in [6.45, 7) is 6.70. The van der Waals surface area contributed by atoms with Crippen LogP contribution in [-0.2, 0) is 9.47 Å². The maximum atomic E-state index is 13.8. The number of nitrogen functional groups attached to an aromatic ring is 1. The molecule has 5 nitrogen and oxygen atoms in total. The average Bonchev–Trinajstić information content (AvgIpc) is 2.39. The molecular weight excluding hydrogens is 263 g/mol. The number of esters is 1. The highest BCUT2D eigenvalue weighted by atomic mass is 19.1. The summed E-state index contributed by atoms with van der Waals surface area (Å²) in [5, 5.41) is 2.95. The van der Waals surface area contributed by atoms with Crippen LogP contribution in [0.5, 0.6) is 0 Å². The first kappa shape index (κ1) is 16.2. The molecule has 0 spiro atoms. The standard InChI is InChI=1S/C14H21FN2O3/c1-4-19-8-9(3)17-13-6-10(14(18)20-5-2)12(16)7-11(13)15/h6-7,9,17H,4-5,8,16H2,1-3H3. The Labute approximate surface area is 118 Å². The Morgan fingerprint density at radius 2 is 2.10 bits per heavy atom. The van der Waals surface area contributed by atoms with E-state index in [1.165, 1.54) is 6.07 Å². The monoisotopic (exact) mass is 284 g/mol. The normalized spacial score (nSPS) is 12.0. The third-order valence-corrected chi connectivity index (χ3v) is 2.61. The van der Waals surface area contributed by atoms with Gasteiger partial charge in [-0.15, -0.1) is 0 Å². The van der Waals surface area contributed by atoms with Crippen LogP contribution in [0.25, 0.3) is 0 Å². The predicted molar refractivity (Wildman–Crippen MR) is 76.3 cm³/mol. The van der Waals surface area contributed by atoms with E-state index in [-0.39, 0.29) is 29.6 Å². The van der Waals surface area contributed by atoms with Gasteiger partial charge in [-0.1, -0.05) is 0 Å². The van der Waals surface area contributed by atoms with E-state index < -0.39 is 11.8 Å². The van der Waals surface area contributed by atoms with Gasteiger partial charge in [0.2, 0.25) is 0 Å². The molecule has 0 radical (unpaired) electrons. The average molecular weight is 284 g/mol. The van der Waals surface area contributed by atoms with Crippen LogP contribution in [0.1, 0.15) is 31.1 Å². The van der Waals surface area contributed by atoms with Gasteiger partial charge in [-0.2, -0.15) is 0 Å². The van der Waals surface area contributed by atoms with Crippen molar-refractivity contribution in [1.29, 1.82) is 0 Å². The van der Waals surface area contributed by atoms with Crippen LogP contribution >= 0.6 is 0 Å². The number of nitrogens with one attached hydrogen (secondary N) is 1. The zero-order valence-electron chi connectivity index (χ0n) is 12.0. The quantitative estimate of drug-likeness (QED) is 0.594. The van der Waals surface area contributed by atoms with E-state index in [2.05, 4.69) is 5.32 Å². The molecule has 0 saturated heterocycles. The molecule has 0 aliphatic rings. The van der Waals surface area contributed by atoms with Crippen molar-refractivity contribution in [2.75, 3.05) is 30.9 Å². The summed E-state index contributed by atoms with van der Waals surface area (Å²) in [6, 6.07) is 2.38. The summed E-state index contributed by atoms with van der Waals surface area (Å²) in [5.41, 5.74) is 6.05. The number of halogens is 1. The Hall–Kier alpha value is -1.82. The number of ether oxygens (including phenoxy) is 2. The molecule has 1 atom stereocenters. The van der Waals surface area contributed by atoms with Gasteiger partial charge < -0.3 is 20.5 Å². The molecule has 1 aromatic carbocycles. The van der Waals surface area contributed by atoms with Crippen LogP contribution in [0.2, 0.25) is 0 Å². The first-order valence-corrected chi connectivity index (χ1v) is 6.60. The Balaban J connectivity index is 2.90. The van der Waals surface area contributed by atoms with Crippen LogP contribution < -0.4 is 11.1 Å². The van der Waals surface area contributed by atoms with Crippen molar-refractivity contribution < 1.29 is 18.7 Å². The van der Waals surface area contributed by atoms with Crippen molar-refractivity contribution in [2.24, 2.45) is 0 Å². The summed E-state index contributed by atoms with van der Waals surface area (Å²) in [6.07, 6.45) is 0. The zero-order valence-corrected chi connectivity index (χ0v) is 12.0. The maximum absolute atomic E-state index is 13.8. The molecule has 0 amide bonds. The summed E-state index contributed by atoms with van der Waals surface area (Å²) in [4.78, 5) is 11.7. The fraction of sp³-hybridized carbons (Fsp3) is 0.500. The van der Waals surface area contributed by atoms with Gasteiger partial charge >= 0.3 is 5.97 Å². The minimum atomic E-state index is -0.564. The van der Waals surface area contributed by atoms with E-state index in [1.807, 2.05) is 13.8 Å². The molecule has 1 unspecified atom stereocenters. The molecule has 1 rings (SSSR count). The Kier molecular flexibility index (Phi) is 6.24. The molecule has 0 aliphatic carbocycles. The second kappa shape index (κ2) is 7.69. The molecule has 0 aromatic heterocycles. The van der Waals surface area contributed by atoms with Crippen LogP contribution in [0, 0.1) is 5.82 Å². The maximum Gasteiger partial charge on any atom is 0.340 e. The lowest BCUT2D eigenvalue weighted by atomic mass is 10.1. The molecule has 1 aromatic rings. The SMILES string of the molecule is CCOCC(C)Nc1cc(C(=O)OCC)c(N)cc1F. The molecule has 3 N–H and O–H groups in total. The third-order valence-electron chi connectivity index (χ3n) is 2.61. The van der Waals surface area contributed by atoms with Gasteiger partial charge in [-0.3, -0.25) is 0 Å². The Bertz CT molecular complexity index is 466. The summed E-state index contributed by atoms with van der Waals surface area (Å²) in [5.74, 6) is -1.08. The van der Waals surface area contributed by atoms with Gasteiger partial charge in [0.05, 0.1) is 24.5 Å². The molecule has 6 heteroatoms. The van der Waals surface area contributed by atoms with Crippen molar-refractivity contribution in [1.82, 2.24) is 0 Å². The van der Waals surface area contributed by atoms with E-state index >= 15 is 0 Å². The molecule has 112 valence electrons. The minimum Gasteiger partial charge on any atom is -0.462 e. The Morgan fingerprint density at radius 1 is 1.40 bits per heavy atom. The van der Waals surface area contributed by atoms with Gasteiger partial charge in [0, 0.05) is 18.3 Å². The number of hydrogen-bond donors (Lipinski definition) is 2. The number of rotatable bonds is 7. The zero-order chi connectivity index (χ0) is 15.1. The van der Waals surface area contributed by atoms with Crippen molar-refractivity contribution in [3.05, 3.63) is 23.5 Å².